The van der Waals surface area contributed by atoms with Crippen molar-refractivity contribution in [2.24, 2.45) is 0 Å². The van der Waals surface area contributed by atoms with Crippen molar-refractivity contribution < 1.29 is 4.79 Å². The lowest BCUT2D eigenvalue weighted by atomic mass is 10.3. The van der Waals surface area contributed by atoms with Gasteiger partial charge in [-0.15, -0.1) is 11.3 Å². The summed E-state index contributed by atoms with van der Waals surface area (Å²) in [6, 6.07) is 5.89. The van der Waals surface area contributed by atoms with Gasteiger partial charge in [-0.05, 0) is 31.5 Å². The van der Waals surface area contributed by atoms with E-state index in [9.17, 15) is 4.79 Å². The van der Waals surface area contributed by atoms with E-state index in [1.54, 1.807) is 17.4 Å². The van der Waals surface area contributed by atoms with Crippen LogP contribution in [-0.2, 0) is 0 Å². The van der Waals surface area contributed by atoms with Crippen molar-refractivity contribution in [2.75, 3.05) is 6.54 Å². The highest BCUT2D eigenvalue weighted by Gasteiger charge is 2.11. The van der Waals surface area contributed by atoms with Crippen LogP contribution in [0.2, 0.25) is 0 Å². The van der Waals surface area contributed by atoms with Crippen molar-refractivity contribution >= 4 is 17.2 Å². The number of nitrogens with zero attached hydrogens (tertiary/aromatic N) is 1. The van der Waals surface area contributed by atoms with Gasteiger partial charge in [-0.25, -0.2) is 0 Å². The standard InChI is InChI=1S/C13H17N3OS/c1-3-4-7-14-13(17)11-8-10(15-16-11)12-6-5-9(2)18-12/h5-6,8H,3-4,7H2,1-2H3,(H,14,17)(H,15,16). The van der Waals surface area contributed by atoms with E-state index >= 15 is 0 Å². The van der Waals surface area contributed by atoms with E-state index in [2.05, 4.69) is 35.4 Å². The molecule has 0 spiro atoms. The number of rotatable bonds is 5. The molecule has 96 valence electrons. The summed E-state index contributed by atoms with van der Waals surface area (Å²) in [5.74, 6) is -0.112. The molecule has 0 aliphatic carbocycles. The predicted molar refractivity (Wildman–Crippen MR) is 73.9 cm³/mol. The largest absolute Gasteiger partial charge is 0.351 e. The van der Waals surface area contributed by atoms with E-state index < -0.39 is 0 Å². The number of aromatic amines is 1. The number of hydrogen-bond donors (Lipinski definition) is 2. The fraction of sp³-hybridized carbons (Fsp3) is 0.385. The van der Waals surface area contributed by atoms with Crippen LogP contribution in [0, 0.1) is 6.92 Å². The fourth-order valence-corrected chi connectivity index (χ4v) is 2.45. The zero-order chi connectivity index (χ0) is 13.0. The van der Waals surface area contributed by atoms with Crippen LogP contribution in [0.15, 0.2) is 18.2 Å². The quantitative estimate of drug-likeness (QED) is 0.815. The summed E-state index contributed by atoms with van der Waals surface area (Å²) < 4.78 is 0. The summed E-state index contributed by atoms with van der Waals surface area (Å²) in [7, 11) is 0. The zero-order valence-electron chi connectivity index (χ0n) is 10.6. The molecule has 1 amide bonds. The molecule has 4 nitrogen and oxygen atoms in total. The molecule has 0 saturated carbocycles. The first-order valence-corrected chi connectivity index (χ1v) is 6.92. The lowest BCUT2D eigenvalue weighted by molar-refractivity contribution is 0.0948. The van der Waals surface area contributed by atoms with Crippen LogP contribution in [0.3, 0.4) is 0 Å². The minimum absolute atomic E-state index is 0.112. The van der Waals surface area contributed by atoms with Crippen molar-refractivity contribution in [3.8, 4) is 10.6 Å². The van der Waals surface area contributed by atoms with Crippen molar-refractivity contribution in [3.05, 3.63) is 28.8 Å². The second kappa shape index (κ2) is 5.82. The van der Waals surface area contributed by atoms with Gasteiger partial charge in [0.25, 0.3) is 5.91 Å². The van der Waals surface area contributed by atoms with Crippen LogP contribution < -0.4 is 5.32 Å². The summed E-state index contributed by atoms with van der Waals surface area (Å²) in [5.41, 5.74) is 1.35. The Morgan fingerprint density at radius 2 is 2.33 bits per heavy atom. The average Bonchev–Trinajstić information content (AvgIpc) is 2.97. The third kappa shape index (κ3) is 2.98. The Kier molecular flexibility index (Phi) is 4.15. The van der Waals surface area contributed by atoms with Gasteiger partial charge in [-0.1, -0.05) is 13.3 Å². The molecule has 2 heterocycles. The first kappa shape index (κ1) is 12.8. The maximum absolute atomic E-state index is 11.8. The molecule has 0 unspecified atom stereocenters. The van der Waals surface area contributed by atoms with E-state index in [1.165, 1.54) is 4.88 Å². The van der Waals surface area contributed by atoms with E-state index in [0.29, 0.717) is 12.2 Å². The van der Waals surface area contributed by atoms with Gasteiger partial charge >= 0.3 is 0 Å². The van der Waals surface area contributed by atoms with Crippen LogP contribution >= 0.6 is 11.3 Å². The lowest BCUT2D eigenvalue weighted by Gasteiger charge is -1.99. The number of nitrogens with one attached hydrogen (secondary N) is 2. The molecule has 0 aliphatic heterocycles. The normalized spacial score (nSPS) is 10.6. The minimum Gasteiger partial charge on any atom is -0.351 e. The van der Waals surface area contributed by atoms with E-state index in [-0.39, 0.29) is 5.91 Å². The Bertz CT molecular complexity index is 530. The monoisotopic (exact) mass is 263 g/mol. The number of amides is 1. The molecule has 2 aromatic rings. The molecule has 2 rings (SSSR count). The van der Waals surface area contributed by atoms with Crippen LogP contribution in [0.25, 0.3) is 10.6 Å². The highest BCUT2D eigenvalue weighted by Crippen LogP contribution is 2.26. The first-order valence-electron chi connectivity index (χ1n) is 6.11. The van der Waals surface area contributed by atoms with Gasteiger partial charge < -0.3 is 5.32 Å². The second-order valence-electron chi connectivity index (χ2n) is 4.19. The molecule has 0 bridgehead atoms. The number of hydrogen-bond acceptors (Lipinski definition) is 3. The topological polar surface area (TPSA) is 57.8 Å². The van der Waals surface area contributed by atoms with E-state index in [1.807, 2.05) is 6.07 Å². The first-order chi connectivity index (χ1) is 8.70. The second-order valence-corrected chi connectivity index (χ2v) is 5.47. The fourth-order valence-electron chi connectivity index (χ4n) is 1.61. The minimum atomic E-state index is -0.112. The molecule has 0 radical (unpaired) electrons. The highest BCUT2D eigenvalue weighted by atomic mass is 32.1. The molecule has 0 atom stereocenters. The smallest absolute Gasteiger partial charge is 0.271 e. The van der Waals surface area contributed by atoms with Gasteiger partial charge in [0, 0.05) is 11.4 Å². The maximum atomic E-state index is 11.8. The van der Waals surface area contributed by atoms with Gasteiger partial charge in [-0.3, -0.25) is 9.89 Å². The summed E-state index contributed by atoms with van der Waals surface area (Å²) in [4.78, 5) is 14.1. The van der Waals surface area contributed by atoms with Crippen LogP contribution in [0.4, 0.5) is 0 Å². The zero-order valence-corrected chi connectivity index (χ0v) is 11.4. The van der Waals surface area contributed by atoms with E-state index in [0.717, 1.165) is 23.4 Å². The Balaban J connectivity index is 2.04. The Labute approximate surface area is 110 Å². The summed E-state index contributed by atoms with van der Waals surface area (Å²) >= 11 is 1.68. The van der Waals surface area contributed by atoms with Gasteiger partial charge in [0.15, 0.2) is 5.69 Å². The van der Waals surface area contributed by atoms with Crippen LogP contribution in [-0.4, -0.2) is 22.6 Å². The number of aromatic nitrogens is 2. The molecule has 5 heteroatoms. The molecule has 0 aliphatic rings. The highest BCUT2D eigenvalue weighted by molar-refractivity contribution is 7.15. The maximum Gasteiger partial charge on any atom is 0.271 e. The molecule has 0 saturated heterocycles. The van der Waals surface area contributed by atoms with Crippen molar-refractivity contribution in [2.45, 2.75) is 26.7 Å². The Hall–Kier alpha value is -1.62. The lowest BCUT2D eigenvalue weighted by Crippen LogP contribution is -2.24. The van der Waals surface area contributed by atoms with E-state index in [4.69, 9.17) is 0 Å². The molecule has 2 N–H and O–H groups in total. The Morgan fingerprint density at radius 3 is 3.00 bits per heavy atom. The summed E-state index contributed by atoms with van der Waals surface area (Å²) in [5, 5.41) is 9.81. The number of carbonyl (C=O) groups is 1. The van der Waals surface area contributed by atoms with Crippen molar-refractivity contribution in [1.82, 2.24) is 15.5 Å². The van der Waals surface area contributed by atoms with Gasteiger partial charge in [-0.2, -0.15) is 5.10 Å². The molecule has 0 fully saturated rings. The molecular formula is C13H17N3OS. The SMILES string of the molecule is CCCCNC(=O)c1cc(-c2ccc(C)s2)[nH]n1. The molecule has 18 heavy (non-hydrogen) atoms. The predicted octanol–water partition coefficient (Wildman–Crippen LogP) is 2.98. The average molecular weight is 263 g/mol. The van der Waals surface area contributed by atoms with Gasteiger partial charge in [0.2, 0.25) is 0 Å². The number of thiophene rings is 1. The molecular weight excluding hydrogens is 246 g/mol. The third-order valence-corrected chi connectivity index (χ3v) is 3.67. The number of H-pyrrole nitrogens is 1. The summed E-state index contributed by atoms with van der Waals surface area (Å²) in [6.45, 7) is 4.86. The molecule has 2 aromatic heterocycles. The third-order valence-electron chi connectivity index (χ3n) is 2.63. The Morgan fingerprint density at radius 1 is 1.50 bits per heavy atom. The van der Waals surface area contributed by atoms with Crippen molar-refractivity contribution in [1.29, 1.82) is 0 Å². The van der Waals surface area contributed by atoms with Crippen LogP contribution in [0.1, 0.15) is 35.1 Å². The number of unbranched alkanes of at least 4 members (excludes halogenated alkanes) is 1. The molecule has 0 aromatic carbocycles. The van der Waals surface area contributed by atoms with Gasteiger partial charge in [0.1, 0.15) is 0 Å². The van der Waals surface area contributed by atoms with Gasteiger partial charge in [0.05, 0.1) is 10.6 Å². The van der Waals surface area contributed by atoms with Crippen molar-refractivity contribution in [3.63, 3.8) is 0 Å². The number of carbonyl (C=O) groups excluding carboxylic acids is 1. The summed E-state index contributed by atoms with van der Waals surface area (Å²) in [6.07, 6.45) is 2.06. The number of aryl methyl sites for hydroxylation is 1. The van der Waals surface area contributed by atoms with Crippen LogP contribution in [0.5, 0.6) is 0 Å².